The first-order valence-electron chi connectivity index (χ1n) is 5.49. The summed E-state index contributed by atoms with van der Waals surface area (Å²) < 4.78 is 0. The van der Waals surface area contributed by atoms with E-state index in [1.807, 2.05) is 0 Å². The van der Waals surface area contributed by atoms with Crippen molar-refractivity contribution in [2.24, 2.45) is 29.2 Å². The van der Waals surface area contributed by atoms with Crippen molar-refractivity contribution in [3.05, 3.63) is 0 Å². The molecule has 0 aromatic carbocycles. The molecule has 2 fully saturated rings. The molecule has 6 N–H and O–H groups in total. The van der Waals surface area contributed by atoms with Crippen LogP contribution in [0.5, 0.6) is 0 Å². The third kappa shape index (κ3) is 1.45. The molecule has 5 atom stereocenters. The molecule has 2 aliphatic carbocycles. The largest absolute Gasteiger partial charge is 0.481 e. The summed E-state index contributed by atoms with van der Waals surface area (Å²) >= 11 is 0. The number of urea groups is 1. The van der Waals surface area contributed by atoms with Gasteiger partial charge in [-0.1, -0.05) is 0 Å². The Bertz CT molecular complexity index is 439. The SMILES string of the molecule is CN(C(N)=O)C1CC(N)(C(=O)O)C2C(C(=O)O)C12. The molecular formula is C10H15N3O5. The highest BCUT2D eigenvalue weighted by atomic mass is 16.4. The Labute approximate surface area is 103 Å². The molecule has 0 aromatic rings. The van der Waals surface area contributed by atoms with Gasteiger partial charge in [-0.2, -0.15) is 0 Å². The molecule has 18 heavy (non-hydrogen) atoms. The highest BCUT2D eigenvalue weighted by Gasteiger charge is 2.74. The number of nitrogens with two attached hydrogens (primary N) is 2. The number of fused-ring (bicyclic) bond motifs is 1. The van der Waals surface area contributed by atoms with Crippen molar-refractivity contribution in [3.63, 3.8) is 0 Å². The van der Waals surface area contributed by atoms with Gasteiger partial charge in [-0.25, -0.2) is 4.79 Å². The number of primary amides is 1. The monoisotopic (exact) mass is 257 g/mol. The second kappa shape index (κ2) is 3.58. The lowest BCUT2D eigenvalue weighted by molar-refractivity contribution is -0.145. The predicted molar refractivity (Wildman–Crippen MR) is 58.4 cm³/mol. The number of rotatable bonds is 3. The molecule has 8 heteroatoms. The summed E-state index contributed by atoms with van der Waals surface area (Å²) in [6.07, 6.45) is 0.0287. The first-order chi connectivity index (χ1) is 8.21. The summed E-state index contributed by atoms with van der Waals surface area (Å²) in [5.74, 6) is -4.20. The summed E-state index contributed by atoms with van der Waals surface area (Å²) in [5.41, 5.74) is 9.34. The van der Waals surface area contributed by atoms with E-state index < -0.39 is 47.3 Å². The van der Waals surface area contributed by atoms with E-state index in [1.165, 1.54) is 11.9 Å². The van der Waals surface area contributed by atoms with E-state index in [0.717, 1.165) is 0 Å². The van der Waals surface area contributed by atoms with Crippen molar-refractivity contribution in [1.82, 2.24) is 4.90 Å². The first kappa shape index (κ1) is 12.6. The van der Waals surface area contributed by atoms with Gasteiger partial charge in [-0.3, -0.25) is 9.59 Å². The second-order valence-electron chi connectivity index (χ2n) is 5.03. The standard InChI is InChI=1S/C10H15N3O5/c1-13(9(11)18)3-2-10(12,8(16)17)6-4(3)5(6)7(14)15/h3-6H,2,12H2,1H3,(H2,11,18)(H,14,15)(H,16,17). The summed E-state index contributed by atoms with van der Waals surface area (Å²) in [6.45, 7) is 0. The van der Waals surface area contributed by atoms with E-state index >= 15 is 0 Å². The number of carboxylic acids is 2. The fraction of sp³-hybridized carbons (Fsp3) is 0.700. The van der Waals surface area contributed by atoms with Gasteiger partial charge in [0.05, 0.1) is 5.92 Å². The molecular weight excluding hydrogens is 242 g/mol. The highest BCUT2D eigenvalue weighted by molar-refractivity contribution is 5.86. The molecule has 0 heterocycles. The lowest BCUT2D eigenvalue weighted by Gasteiger charge is -2.29. The quantitative estimate of drug-likeness (QED) is 0.483. The molecule has 5 unspecified atom stereocenters. The third-order valence-corrected chi connectivity index (χ3v) is 4.19. The normalized spacial score (nSPS) is 41.0. The number of hydrogen-bond donors (Lipinski definition) is 4. The van der Waals surface area contributed by atoms with Gasteiger partial charge < -0.3 is 26.6 Å². The van der Waals surface area contributed by atoms with Crippen LogP contribution in [-0.2, 0) is 9.59 Å². The summed E-state index contributed by atoms with van der Waals surface area (Å²) in [5, 5.41) is 18.2. The Morgan fingerprint density at radius 1 is 1.33 bits per heavy atom. The maximum absolute atomic E-state index is 11.2. The van der Waals surface area contributed by atoms with E-state index in [4.69, 9.17) is 21.7 Å². The van der Waals surface area contributed by atoms with E-state index in [-0.39, 0.29) is 6.42 Å². The smallest absolute Gasteiger partial charge is 0.324 e. The fourth-order valence-electron chi connectivity index (χ4n) is 3.20. The number of hydrogen-bond acceptors (Lipinski definition) is 4. The number of carboxylic acid groups (broad SMARTS) is 2. The maximum atomic E-state index is 11.2. The van der Waals surface area contributed by atoms with Crippen LogP contribution in [0, 0.1) is 17.8 Å². The van der Waals surface area contributed by atoms with Crippen molar-refractivity contribution < 1.29 is 24.6 Å². The van der Waals surface area contributed by atoms with Crippen molar-refractivity contribution >= 4 is 18.0 Å². The van der Waals surface area contributed by atoms with Gasteiger partial charge in [0.1, 0.15) is 5.54 Å². The lowest BCUT2D eigenvalue weighted by Crippen LogP contribution is -2.53. The fourth-order valence-corrected chi connectivity index (χ4v) is 3.20. The van der Waals surface area contributed by atoms with Crippen LogP contribution >= 0.6 is 0 Å². The molecule has 2 saturated carbocycles. The number of nitrogens with zero attached hydrogens (tertiary/aromatic N) is 1. The van der Waals surface area contributed by atoms with E-state index in [9.17, 15) is 14.4 Å². The molecule has 0 aliphatic heterocycles. The highest BCUT2D eigenvalue weighted by Crippen LogP contribution is 2.62. The zero-order chi connectivity index (χ0) is 13.8. The Balaban J connectivity index is 2.30. The molecule has 0 bridgehead atoms. The number of carbonyl (C=O) groups excluding carboxylic acids is 1. The zero-order valence-electron chi connectivity index (χ0n) is 9.74. The minimum Gasteiger partial charge on any atom is -0.481 e. The molecule has 2 amide bonds. The van der Waals surface area contributed by atoms with Gasteiger partial charge in [0.15, 0.2) is 0 Å². The van der Waals surface area contributed by atoms with Gasteiger partial charge in [0, 0.05) is 19.0 Å². The Morgan fingerprint density at radius 3 is 2.28 bits per heavy atom. The maximum Gasteiger partial charge on any atom is 0.324 e. The van der Waals surface area contributed by atoms with Gasteiger partial charge in [-0.15, -0.1) is 0 Å². The average molecular weight is 257 g/mol. The predicted octanol–water partition coefficient (Wildman–Crippen LogP) is -1.50. The van der Waals surface area contributed by atoms with Crippen molar-refractivity contribution in [3.8, 4) is 0 Å². The minimum absolute atomic E-state index is 0.0287. The third-order valence-electron chi connectivity index (χ3n) is 4.19. The van der Waals surface area contributed by atoms with Crippen LogP contribution in [-0.4, -0.2) is 51.7 Å². The summed E-state index contributed by atoms with van der Waals surface area (Å²) in [6, 6.07) is -1.25. The Hall–Kier alpha value is -1.83. The van der Waals surface area contributed by atoms with Crippen molar-refractivity contribution in [2.45, 2.75) is 18.0 Å². The van der Waals surface area contributed by atoms with Crippen molar-refractivity contribution in [2.75, 3.05) is 7.05 Å². The molecule has 100 valence electrons. The molecule has 0 saturated heterocycles. The molecule has 0 spiro atoms. The topological polar surface area (TPSA) is 147 Å². The van der Waals surface area contributed by atoms with Crippen LogP contribution in [0.15, 0.2) is 0 Å². The van der Waals surface area contributed by atoms with Gasteiger partial charge in [0.2, 0.25) is 0 Å². The first-order valence-corrected chi connectivity index (χ1v) is 5.49. The molecule has 8 nitrogen and oxygen atoms in total. The zero-order valence-corrected chi connectivity index (χ0v) is 9.74. The molecule has 2 aliphatic rings. The molecule has 2 rings (SSSR count). The van der Waals surface area contributed by atoms with Crippen LogP contribution in [0.1, 0.15) is 6.42 Å². The van der Waals surface area contributed by atoms with Crippen LogP contribution in [0.3, 0.4) is 0 Å². The Kier molecular flexibility index (Phi) is 2.51. The molecule has 0 radical (unpaired) electrons. The van der Waals surface area contributed by atoms with Crippen LogP contribution in [0.2, 0.25) is 0 Å². The van der Waals surface area contributed by atoms with Gasteiger partial charge in [-0.05, 0) is 12.3 Å². The second-order valence-corrected chi connectivity index (χ2v) is 5.03. The van der Waals surface area contributed by atoms with Crippen LogP contribution in [0.25, 0.3) is 0 Å². The Morgan fingerprint density at radius 2 is 1.89 bits per heavy atom. The minimum atomic E-state index is -1.60. The van der Waals surface area contributed by atoms with Crippen molar-refractivity contribution in [1.29, 1.82) is 0 Å². The van der Waals surface area contributed by atoms with Crippen LogP contribution < -0.4 is 11.5 Å². The van der Waals surface area contributed by atoms with E-state index in [2.05, 4.69) is 0 Å². The average Bonchev–Trinajstić information content (AvgIpc) is 2.93. The number of carbonyl (C=O) groups is 3. The van der Waals surface area contributed by atoms with Crippen LogP contribution in [0.4, 0.5) is 4.79 Å². The van der Waals surface area contributed by atoms with Gasteiger partial charge >= 0.3 is 18.0 Å². The number of aliphatic carboxylic acids is 2. The lowest BCUT2D eigenvalue weighted by atomic mass is 9.90. The summed E-state index contributed by atoms with van der Waals surface area (Å²) in [4.78, 5) is 34.6. The van der Waals surface area contributed by atoms with Gasteiger partial charge in [0.25, 0.3) is 0 Å². The van der Waals surface area contributed by atoms with E-state index in [0.29, 0.717) is 0 Å². The number of amides is 2. The summed E-state index contributed by atoms with van der Waals surface area (Å²) in [7, 11) is 1.43. The van der Waals surface area contributed by atoms with E-state index in [1.54, 1.807) is 0 Å². The molecule has 0 aromatic heterocycles.